The third-order valence-corrected chi connectivity index (χ3v) is 3.95. The van der Waals surface area contributed by atoms with E-state index in [4.69, 9.17) is 28.3 Å². The molecule has 124 valence electrons. The van der Waals surface area contributed by atoms with E-state index < -0.39 is 29.1 Å². The predicted octanol–water partition coefficient (Wildman–Crippen LogP) is 4.42. The maximum Gasteiger partial charge on any atom is 0.433 e. The molecule has 0 unspecified atom stereocenters. The molecule has 3 rings (SSSR count). The van der Waals surface area contributed by atoms with Crippen molar-refractivity contribution in [3.05, 3.63) is 51.8 Å². The van der Waals surface area contributed by atoms with Gasteiger partial charge in [-0.25, -0.2) is 14.3 Å². The Bertz CT molecular complexity index is 970. The molecule has 0 radical (unpaired) electrons. The van der Waals surface area contributed by atoms with Crippen molar-refractivity contribution >= 4 is 34.8 Å². The molecule has 0 bridgehead atoms. The van der Waals surface area contributed by atoms with Crippen LogP contribution in [0.2, 0.25) is 10.0 Å². The van der Waals surface area contributed by atoms with Crippen LogP contribution in [0.3, 0.4) is 0 Å². The highest BCUT2D eigenvalue weighted by Crippen LogP contribution is 2.34. The van der Waals surface area contributed by atoms with Gasteiger partial charge >= 0.3 is 12.1 Å². The fraction of sp³-hybridized carbons (Fsp3) is 0.0714. The minimum absolute atomic E-state index is 0.101. The highest BCUT2D eigenvalue weighted by molar-refractivity contribution is 6.42. The predicted molar refractivity (Wildman–Crippen MR) is 80.4 cm³/mol. The van der Waals surface area contributed by atoms with Crippen LogP contribution in [0, 0.1) is 0 Å². The van der Waals surface area contributed by atoms with Crippen LogP contribution in [-0.4, -0.2) is 25.7 Å². The Hall–Kier alpha value is -2.32. The molecule has 0 aliphatic rings. The number of aromatic nitrogens is 3. The van der Waals surface area contributed by atoms with Gasteiger partial charge in [0.2, 0.25) is 0 Å². The number of carboxylic acids is 1. The summed E-state index contributed by atoms with van der Waals surface area (Å²) in [6, 6.07) is 4.96. The van der Waals surface area contributed by atoms with Crippen LogP contribution < -0.4 is 0 Å². The molecular formula is C14H6Cl2F3N3O2. The fourth-order valence-electron chi connectivity index (χ4n) is 2.12. The number of alkyl halides is 3. The Morgan fingerprint density at radius 1 is 1.17 bits per heavy atom. The average molecular weight is 376 g/mol. The quantitative estimate of drug-likeness (QED) is 0.719. The minimum atomic E-state index is -4.76. The molecule has 0 spiro atoms. The highest BCUT2D eigenvalue weighted by atomic mass is 35.5. The summed E-state index contributed by atoms with van der Waals surface area (Å²) in [4.78, 5) is 15.2. The molecule has 0 saturated heterocycles. The molecule has 1 aromatic carbocycles. The summed E-state index contributed by atoms with van der Waals surface area (Å²) in [7, 11) is 0. The Labute approximate surface area is 142 Å². The van der Waals surface area contributed by atoms with Crippen molar-refractivity contribution in [2.24, 2.45) is 0 Å². The lowest BCUT2D eigenvalue weighted by atomic mass is 10.1. The number of aromatic carboxylic acids is 1. The maximum absolute atomic E-state index is 13.3. The lowest BCUT2D eigenvalue weighted by molar-refractivity contribution is -0.142. The number of halogens is 5. The molecule has 3 aromatic rings. The van der Waals surface area contributed by atoms with Crippen LogP contribution in [0.25, 0.3) is 16.9 Å². The van der Waals surface area contributed by atoms with Crippen molar-refractivity contribution in [3.8, 4) is 11.3 Å². The second-order valence-electron chi connectivity index (χ2n) is 4.75. The van der Waals surface area contributed by atoms with Crippen LogP contribution in [0.1, 0.15) is 16.1 Å². The molecule has 10 heteroatoms. The molecule has 5 nitrogen and oxygen atoms in total. The van der Waals surface area contributed by atoms with Crippen molar-refractivity contribution in [1.82, 2.24) is 14.6 Å². The van der Waals surface area contributed by atoms with Crippen LogP contribution >= 0.6 is 23.2 Å². The lowest BCUT2D eigenvalue weighted by Crippen LogP contribution is -2.14. The van der Waals surface area contributed by atoms with Gasteiger partial charge in [-0.05, 0) is 18.2 Å². The zero-order chi connectivity index (χ0) is 17.6. The molecule has 0 atom stereocenters. The minimum Gasteiger partial charge on any atom is -0.477 e. The van der Waals surface area contributed by atoms with Gasteiger partial charge in [-0.15, -0.1) is 0 Å². The van der Waals surface area contributed by atoms with Gasteiger partial charge in [0.05, 0.1) is 21.9 Å². The number of carbonyl (C=O) groups is 1. The third-order valence-electron chi connectivity index (χ3n) is 3.21. The number of fused-ring (bicyclic) bond motifs is 1. The first-order valence-electron chi connectivity index (χ1n) is 6.33. The van der Waals surface area contributed by atoms with E-state index in [9.17, 15) is 18.0 Å². The van der Waals surface area contributed by atoms with E-state index in [-0.39, 0.29) is 21.3 Å². The summed E-state index contributed by atoms with van der Waals surface area (Å²) >= 11 is 11.7. The number of rotatable bonds is 2. The van der Waals surface area contributed by atoms with Crippen LogP contribution in [0.5, 0.6) is 0 Å². The maximum atomic E-state index is 13.3. The number of hydrogen-bond donors (Lipinski definition) is 1. The highest BCUT2D eigenvalue weighted by Gasteiger charge is 2.36. The van der Waals surface area contributed by atoms with Crippen molar-refractivity contribution in [2.75, 3.05) is 0 Å². The van der Waals surface area contributed by atoms with E-state index in [1.54, 1.807) is 0 Å². The molecule has 0 amide bonds. The molecule has 0 aliphatic carbocycles. The van der Waals surface area contributed by atoms with Crippen LogP contribution in [0.15, 0.2) is 30.5 Å². The van der Waals surface area contributed by atoms with Crippen molar-refractivity contribution < 1.29 is 23.1 Å². The zero-order valence-electron chi connectivity index (χ0n) is 11.5. The molecule has 2 heterocycles. The second kappa shape index (κ2) is 5.64. The van der Waals surface area contributed by atoms with E-state index in [0.29, 0.717) is 4.52 Å². The third kappa shape index (κ3) is 2.78. The first kappa shape index (κ1) is 16.5. The van der Waals surface area contributed by atoms with E-state index in [1.807, 2.05) is 0 Å². The number of benzene rings is 1. The summed E-state index contributed by atoms with van der Waals surface area (Å²) in [6.45, 7) is 0. The SMILES string of the molecule is O=C(O)c1cnn2c(C(F)(F)F)cc(-c3ccc(Cl)c(Cl)c3)nc12. The van der Waals surface area contributed by atoms with E-state index in [1.165, 1.54) is 18.2 Å². The van der Waals surface area contributed by atoms with Crippen molar-refractivity contribution in [3.63, 3.8) is 0 Å². The fourth-order valence-corrected chi connectivity index (χ4v) is 2.42. The molecular weight excluding hydrogens is 370 g/mol. The summed E-state index contributed by atoms with van der Waals surface area (Å²) in [5.41, 5.74) is -1.85. The molecule has 24 heavy (non-hydrogen) atoms. The molecule has 2 aromatic heterocycles. The average Bonchev–Trinajstić information content (AvgIpc) is 2.92. The molecule has 0 fully saturated rings. The Kier molecular flexibility index (Phi) is 3.89. The van der Waals surface area contributed by atoms with Crippen LogP contribution in [0.4, 0.5) is 13.2 Å². The largest absolute Gasteiger partial charge is 0.477 e. The second-order valence-corrected chi connectivity index (χ2v) is 5.57. The van der Waals surface area contributed by atoms with Gasteiger partial charge in [0, 0.05) is 5.56 Å². The summed E-state index contributed by atoms with van der Waals surface area (Å²) in [5, 5.41) is 12.9. The van der Waals surface area contributed by atoms with Gasteiger partial charge in [0.15, 0.2) is 11.3 Å². The Balaban J connectivity index is 2.34. The van der Waals surface area contributed by atoms with Gasteiger partial charge in [0.1, 0.15) is 5.56 Å². The smallest absolute Gasteiger partial charge is 0.433 e. The Morgan fingerprint density at radius 2 is 1.88 bits per heavy atom. The number of hydrogen-bond acceptors (Lipinski definition) is 3. The van der Waals surface area contributed by atoms with Gasteiger partial charge in [-0.1, -0.05) is 29.3 Å². The summed E-state index contributed by atoms with van der Waals surface area (Å²) in [6.07, 6.45) is -3.94. The lowest BCUT2D eigenvalue weighted by Gasteiger charge is -2.11. The topological polar surface area (TPSA) is 67.5 Å². The van der Waals surface area contributed by atoms with Gasteiger partial charge in [0.25, 0.3) is 0 Å². The molecule has 0 saturated carbocycles. The van der Waals surface area contributed by atoms with Gasteiger partial charge in [-0.2, -0.15) is 18.3 Å². The van der Waals surface area contributed by atoms with E-state index in [0.717, 1.165) is 12.3 Å². The van der Waals surface area contributed by atoms with Crippen LogP contribution in [-0.2, 0) is 6.18 Å². The summed E-state index contributed by atoms with van der Waals surface area (Å²) < 4.78 is 40.3. The monoisotopic (exact) mass is 375 g/mol. The van der Waals surface area contributed by atoms with E-state index in [2.05, 4.69) is 10.1 Å². The first-order valence-corrected chi connectivity index (χ1v) is 7.09. The van der Waals surface area contributed by atoms with Gasteiger partial charge in [-0.3, -0.25) is 0 Å². The van der Waals surface area contributed by atoms with Gasteiger partial charge < -0.3 is 5.11 Å². The number of carboxylic acid groups (broad SMARTS) is 1. The van der Waals surface area contributed by atoms with Crippen molar-refractivity contribution in [1.29, 1.82) is 0 Å². The number of nitrogens with zero attached hydrogens (tertiary/aromatic N) is 3. The molecule has 1 N–H and O–H groups in total. The molecule has 0 aliphatic heterocycles. The first-order chi connectivity index (χ1) is 11.2. The zero-order valence-corrected chi connectivity index (χ0v) is 13.0. The van der Waals surface area contributed by atoms with E-state index >= 15 is 0 Å². The standard InChI is InChI=1S/C14H6Cl2F3N3O2/c15-8-2-1-6(3-9(8)16)10-4-11(14(17,18)19)22-12(21-10)7(5-20-22)13(23)24/h1-5H,(H,23,24). The summed E-state index contributed by atoms with van der Waals surface area (Å²) in [5.74, 6) is -1.43. The van der Waals surface area contributed by atoms with Crippen molar-refractivity contribution in [2.45, 2.75) is 6.18 Å². The normalized spacial score (nSPS) is 11.9. The Morgan fingerprint density at radius 3 is 2.46 bits per heavy atom.